The molecule has 2 rings (SSSR count). The van der Waals surface area contributed by atoms with E-state index in [-0.39, 0.29) is 40.6 Å². The van der Waals surface area contributed by atoms with E-state index in [1.54, 1.807) is 36.7 Å². The van der Waals surface area contributed by atoms with E-state index in [1.807, 2.05) is 31.3 Å². The van der Waals surface area contributed by atoms with Gasteiger partial charge in [-0.2, -0.15) is 0 Å². The Morgan fingerprint density at radius 3 is 1.52 bits per heavy atom. The zero-order valence-corrected chi connectivity index (χ0v) is 17.0. The third-order valence-electron chi connectivity index (χ3n) is 4.32. The Labute approximate surface area is 171 Å². The average molecular weight is 412 g/mol. The minimum absolute atomic E-state index is 0. The minimum Gasteiger partial charge on any atom is -0.507 e. The second-order valence-electron chi connectivity index (χ2n) is 6.12. The first-order chi connectivity index (χ1) is 12.6. The van der Waals surface area contributed by atoms with Gasteiger partial charge in [0.2, 0.25) is 0 Å². The maximum Gasteiger partial charge on any atom is 2.00 e. The molecule has 6 heteroatoms. The van der Waals surface area contributed by atoms with Gasteiger partial charge in [-0.25, -0.2) is 0 Å². The number of nitrogens with zero attached hydrogens (tertiary/aromatic N) is 3. The summed E-state index contributed by atoms with van der Waals surface area (Å²) in [5, 5.41) is 19.7. The molecule has 0 spiro atoms. The average Bonchev–Trinajstić information content (AvgIpc) is 2.65. The third kappa shape index (κ3) is 6.50. The number of hydrogen-bond acceptors (Lipinski definition) is 5. The molecular formula is C21H27CoN3O2+2. The van der Waals surface area contributed by atoms with Gasteiger partial charge in [-0.3, -0.25) is 14.9 Å². The molecule has 0 saturated heterocycles. The van der Waals surface area contributed by atoms with Crippen molar-refractivity contribution >= 4 is 12.4 Å². The summed E-state index contributed by atoms with van der Waals surface area (Å²) in [5.74, 6) is 0.441. The Morgan fingerprint density at radius 1 is 0.815 bits per heavy atom. The standard InChI is InChI=1S/C21H27N3O2.Co/c1-4-20(22-14-16-10-6-8-12-18(16)25)24(3)21(5-2)23-15-17-11-7-9-13-19(17)26;/h6-15,20-21,25-26H,4-5H2,1-3H3;/q;+2. The van der Waals surface area contributed by atoms with Crippen molar-refractivity contribution in [2.45, 2.75) is 39.0 Å². The largest absolute Gasteiger partial charge is 2.00 e. The van der Waals surface area contributed by atoms with E-state index >= 15 is 0 Å². The zero-order valence-electron chi connectivity index (χ0n) is 15.9. The summed E-state index contributed by atoms with van der Waals surface area (Å²) in [7, 11) is 1.99. The summed E-state index contributed by atoms with van der Waals surface area (Å²) in [6.45, 7) is 4.14. The van der Waals surface area contributed by atoms with E-state index in [1.165, 1.54) is 0 Å². The molecule has 5 nitrogen and oxygen atoms in total. The molecule has 0 amide bonds. The molecule has 0 aliphatic carbocycles. The van der Waals surface area contributed by atoms with Gasteiger partial charge >= 0.3 is 16.8 Å². The Balaban J connectivity index is 0.00000364. The quantitative estimate of drug-likeness (QED) is 0.643. The Bertz CT molecular complexity index is 701. The van der Waals surface area contributed by atoms with Gasteiger partial charge in [0.1, 0.15) is 23.8 Å². The molecule has 0 aliphatic heterocycles. The first-order valence-corrected chi connectivity index (χ1v) is 8.91. The summed E-state index contributed by atoms with van der Waals surface area (Å²) in [6, 6.07) is 14.3. The molecule has 0 fully saturated rings. The van der Waals surface area contributed by atoms with Crippen LogP contribution in [0.3, 0.4) is 0 Å². The van der Waals surface area contributed by atoms with E-state index in [4.69, 9.17) is 0 Å². The molecule has 2 atom stereocenters. The van der Waals surface area contributed by atoms with Crippen LogP contribution < -0.4 is 0 Å². The molecular weight excluding hydrogens is 385 g/mol. The molecule has 1 radical (unpaired) electrons. The Hall–Kier alpha value is -2.15. The molecule has 2 aromatic carbocycles. The van der Waals surface area contributed by atoms with Crippen molar-refractivity contribution in [2.75, 3.05) is 7.05 Å². The maximum absolute atomic E-state index is 9.87. The second-order valence-corrected chi connectivity index (χ2v) is 6.12. The fourth-order valence-corrected chi connectivity index (χ4v) is 2.72. The van der Waals surface area contributed by atoms with Crippen LogP contribution >= 0.6 is 0 Å². The van der Waals surface area contributed by atoms with Gasteiger partial charge < -0.3 is 10.2 Å². The van der Waals surface area contributed by atoms with E-state index in [0.29, 0.717) is 11.1 Å². The van der Waals surface area contributed by atoms with Crippen LogP contribution in [0.2, 0.25) is 0 Å². The number of rotatable bonds is 8. The van der Waals surface area contributed by atoms with Crippen LogP contribution in [-0.4, -0.2) is 46.9 Å². The van der Waals surface area contributed by atoms with Crippen LogP contribution in [0.1, 0.15) is 37.8 Å². The van der Waals surface area contributed by atoms with E-state index < -0.39 is 0 Å². The molecule has 2 N–H and O–H groups in total. The minimum atomic E-state index is -0.0546. The summed E-state index contributed by atoms with van der Waals surface area (Å²) < 4.78 is 0. The Kier molecular flexibility index (Phi) is 9.78. The van der Waals surface area contributed by atoms with Crippen LogP contribution in [0.4, 0.5) is 0 Å². The predicted molar refractivity (Wildman–Crippen MR) is 107 cm³/mol. The van der Waals surface area contributed by atoms with Gasteiger partial charge in [-0.15, -0.1) is 0 Å². The van der Waals surface area contributed by atoms with Gasteiger partial charge in [-0.05, 0) is 44.2 Å². The number of phenols is 2. The van der Waals surface area contributed by atoms with E-state index in [0.717, 1.165) is 12.8 Å². The number of aliphatic imine (C=N–C) groups is 2. The Morgan fingerprint density at radius 2 is 1.19 bits per heavy atom. The zero-order chi connectivity index (χ0) is 18.9. The topological polar surface area (TPSA) is 68.4 Å². The van der Waals surface area contributed by atoms with Crippen LogP contribution in [0.5, 0.6) is 11.5 Å². The van der Waals surface area contributed by atoms with Crippen LogP contribution in [0, 0.1) is 0 Å². The van der Waals surface area contributed by atoms with Crippen molar-refractivity contribution in [1.82, 2.24) is 4.90 Å². The molecule has 2 aromatic rings. The molecule has 0 aliphatic rings. The van der Waals surface area contributed by atoms with Crippen LogP contribution in [0.25, 0.3) is 0 Å². The van der Waals surface area contributed by atoms with Gasteiger partial charge in [0.05, 0.1) is 0 Å². The summed E-state index contributed by atoms with van der Waals surface area (Å²) in [4.78, 5) is 11.4. The summed E-state index contributed by atoms with van der Waals surface area (Å²) >= 11 is 0. The maximum atomic E-state index is 9.87. The van der Waals surface area contributed by atoms with Crippen molar-refractivity contribution in [3.63, 3.8) is 0 Å². The van der Waals surface area contributed by atoms with Crippen molar-refractivity contribution < 1.29 is 27.0 Å². The molecule has 0 heterocycles. The molecule has 2 unspecified atom stereocenters. The molecule has 27 heavy (non-hydrogen) atoms. The third-order valence-corrected chi connectivity index (χ3v) is 4.32. The first-order valence-electron chi connectivity index (χ1n) is 8.91. The van der Waals surface area contributed by atoms with Crippen molar-refractivity contribution in [1.29, 1.82) is 0 Å². The summed E-state index contributed by atoms with van der Waals surface area (Å²) in [5.41, 5.74) is 1.40. The molecule has 0 saturated carbocycles. The van der Waals surface area contributed by atoms with Crippen LogP contribution in [0.15, 0.2) is 58.5 Å². The van der Waals surface area contributed by atoms with Crippen molar-refractivity contribution in [2.24, 2.45) is 9.98 Å². The van der Waals surface area contributed by atoms with Gasteiger partial charge in [0, 0.05) is 23.6 Å². The number of para-hydroxylation sites is 2. The van der Waals surface area contributed by atoms with Gasteiger partial charge in [-0.1, -0.05) is 38.1 Å². The number of benzene rings is 2. The van der Waals surface area contributed by atoms with Crippen molar-refractivity contribution in [3.8, 4) is 11.5 Å². The molecule has 0 aromatic heterocycles. The predicted octanol–water partition coefficient (Wildman–Crippen LogP) is 4.04. The van der Waals surface area contributed by atoms with Crippen molar-refractivity contribution in [3.05, 3.63) is 59.7 Å². The molecule has 0 bridgehead atoms. The fraction of sp³-hybridized carbons (Fsp3) is 0.333. The first kappa shape index (κ1) is 22.9. The number of aromatic hydroxyl groups is 2. The molecule has 145 valence electrons. The van der Waals surface area contributed by atoms with E-state index in [2.05, 4.69) is 28.7 Å². The number of phenolic OH excluding ortho intramolecular Hbond substituents is 2. The van der Waals surface area contributed by atoms with Gasteiger partial charge in [0.15, 0.2) is 0 Å². The SMILES string of the molecule is CCC(N=Cc1ccccc1O)N(C)C(CC)N=Cc1ccccc1O.[Co+2]. The number of hydrogen-bond donors (Lipinski definition) is 2. The van der Waals surface area contributed by atoms with Gasteiger partial charge in [0.25, 0.3) is 0 Å². The summed E-state index contributed by atoms with van der Waals surface area (Å²) in [6.07, 6.45) is 4.95. The monoisotopic (exact) mass is 412 g/mol. The normalized spacial score (nSPS) is 13.8. The second kappa shape index (κ2) is 11.5. The fourth-order valence-electron chi connectivity index (χ4n) is 2.72. The smallest absolute Gasteiger partial charge is 0.507 e. The van der Waals surface area contributed by atoms with Crippen LogP contribution in [-0.2, 0) is 16.8 Å². The van der Waals surface area contributed by atoms with E-state index in [9.17, 15) is 10.2 Å².